The number of nitrogens with zero attached hydrogens (tertiary/aromatic N) is 2. The second-order valence-corrected chi connectivity index (χ2v) is 5.05. The Hall–Kier alpha value is -1.20. The Balaban J connectivity index is 2.39. The molecule has 0 saturated heterocycles. The Morgan fingerprint density at radius 2 is 2.06 bits per heavy atom. The van der Waals surface area contributed by atoms with Crippen molar-refractivity contribution < 1.29 is 4.39 Å². The van der Waals surface area contributed by atoms with Crippen molar-refractivity contribution in [2.24, 2.45) is 5.73 Å². The van der Waals surface area contributed by atoms with Crippen molar-refractivity contribution in [1.82, 2.24) is 9.78 Å². The summed E-state index contributed by atoms with van der Waals surface area (Å²) < 4.78 is 16.1. The van der Waals surface area contributed by atoms with E-state index < -0.39 is 0 Å². The molecule has 0 aliphatic rings. The Morgan fingerprint density at radius 1 is 1.33 bits per heavy atom. The van der Waals surface area contributed by atoms with Gasteiger partial charge in [-0.05, 0) is 53.0 Å². The summed E-state index contributed by atoms with van der Waals surface area (Å²) in [6.07, 6.45) is 0. The van der Waals surface area contributed by atoms with E-state index in [2.05, 4.69) is 21.0 Å². The van der Waals surface area contributed by atoms with E-state index in [1.54, 1.807) is 6.07 Å². The van der Waals surface area contributed by atoms with Gasteiger partial charge in [-0.1, -0.05) is 6.07 Å². The van der Waals surface area contributed by atoms with E-state index in [-0.39, 0.29) is 5.82 Å². The molecule has 0 amide bonds. The summed E-state index contributed by atoms with van der Waals surface area (Å²) in [5.74, 6) is -0.247. The maximum Gasteiger partial charge on any atom is 0.123 e. The zero-order chi connectivity index (χ0) is 13.3. The lowest BCUT2D eigenvalue weighted by Gasteiger charge is -2.09. The van der Waals surface area contributed by atoms with Crippen LogP contribution in [-0.4, -0.2) is 9.78 Å². The summed E-state index contributed by atoms with van der Waals surface area (Å²) in [6.45, 7) is 4.84. The first kappa shape index (κ1) is 13.2. The lowest BCUT2D eigenvalue weighted by molar-refractivity contribution is 0.612. The molecule has 5 heteroatoms. The van der Waals surface area contributed by atoms with Gasteiger partial charge in [0.1, 0.15) is 5.82 Å². The molecule has 0 bridgehead atoms. The van der Waals surface area contributed by atoms with Crippen LogP contribution in [0.3, 0.4) is 0 Å². The Morgan fingerprint density at radius 3 is 2.61 bits per heavy atom. The molecule has 1 aromatic carbocycles. The third-order valence-corrected chi connectivity index (χ3v) is 4.15. The van der Waals surface area contributed by atoms with Crippen molar-refractivity contribution in [2.45, 2.75) is 26.9 Å². The molecule has 1 heterocycles. The molecule has 2 N–H and O–H groups in total. The highest BCUT2D eigenvalue weighted by molar-refractivity contribution is 9.10. The second kappa shape index (κ2) is 5.20. The molecule has 0 radical (unpaired) electrons. The quantitative estimate of drug-likeness (QED) is 0.947. The van der Waals surface area contributed by atoms with Gasteiger partial charge in [-0.3, -0.25) is 4.68 Å². The molecule has 1 aromatic heterocycles. The highest BCUT2D eigenvalue weighted by Gasteiger charge is 2.11. The Kier molecular flexibility index (Phi) is 3.82. The van der Waals surface area contributed by atoms with E-state index >= 15 is 0 Å². The lowest BCUT2D eigenvalue weighted by atomic mass is 10.1. The third kappa shape index (κ3) is 2.47. The molecule has 0 aliphatic carbocycles. The Labute approximate surface area is 114 Å². The van der Waals surface area contributed by atoms with Crippen molar-refractivity contribution in [3.8, 4) is 0 Å². The summed E-state index contributed by atoms with van der Waals surface area (Å²) >= 11 is 3.48. The van der Waals surface area contributed by atoms with Crippen LogP contribution in [0.5, 0.6) is 0 Å². The van der Waals surface area contributed by atoms with Crippen molar-refractivity contribution in [2.75, 3.05) is 0 Å². The van der Waals surface area contributed by atoms with Crippen molar-refractivity contribution >= 4 is 15.9 Å². The third-order valence-electron chi connectivity index (χ3n) is 3.00. The van der Waals surface area contributed by atoms with Gasteiger partial charge in [0.25, 0.3) is 0 Å². The largest absolute Gasteiger partial charge is 0.326 e. The molecule has 18 heavy (non-hydrogen) atoms. The minimum absolute atomic E-state index is 0.247. The standard InChI is InChI=1S/C13H15BrFN3/c1-8-13(14)9(2)18(17-8)7-11-5-12(15)4-3-10(11)6-16/h3-5H,6-7,16H2,1-2H3. The van der Waals surface area contributed by atoms with Crippen LogP contribution in [0.4, 0.5) is 4.39 Å². The number of nitrogens with two attached hydrogens (primary N) is 1. The summed E-state index contributed by atoms with van der Waals surface area (Å²) in [6, 6.07) is 4.68. The predicted octanol–water partition coefficient (Wildman–Crippen LogP) is 2.91. The van der Waals surface area contributed by atoms with Gasteiger partial charge < -0.3 is 5.73 Å². The normalized spacial score (nSPS) is 10.9. The maximum atomic E-state index is 13.3. The van der Waals surface area contributed by atoms with Crippen LogP contribution in [0.2, 0.25) is 0 Å². The van der Waals surface area contributed by atoms with Crippen LogP contribution in [0, 0.1) is 19.7 Å². The molecule has 0 spiro atoms. The first-order valence-corrected chi connectivity index (χ1v) is 6.49. The monoisotopic (exact) mass is 311 g/mol. The molecule has 0 fully saturated rings. The van der Waals surface area contributed by atoms with Crippen LogP contribution in [0.15, 0.2) is 22.7 Å². The molecule has 0 saturated carbocycles. The fourth-order valence-electron chi connectivity index (χ4n) is 1.93. The van der Waals surface area contributed by atoms with Gasteiger partial charge in [-0.25, -0.2) is 4.39 Å². The van der Waals surface area contributed by atoms with E-state index in [1.165, 1.54) is 12.1 Å². The highest BCUT2D eigenvalue weighted by Crippen LogP contribution is 2.21. The summed E-state index contributed by atoms with van der Waals surface area (Å²) in [7, 11) is 0. The molecule has 3 nitrogen and oxygen atoms in total. The SMILES string of the molecule is Cc1nn(Cc2cc(F)ccc2CN)c(C)c1Br. The van der Waals surface area contributed by atoms with Gasteiger partial charge in [-0.2, -0.15) is 5.10 Å². The first-order chi connectivity index (χ1) is 8.52. The summed E-state index contributed by atoms with van der Waals surface area (Å²) in [5, 5.41) is 4.42. The van der Waals surface area contributed by atoms with Gasteiger partial charge in [0.15, 0.2) is 0 Å². The van der Waals surface area contributed by atoms with Crippen LogP contribution in [-0.2, 0) is 13.1 Å². The molecule has 96 valence electrons. The zero-order valence-corrected chi connectivity index (χ0v) is 12.0. The van der Waals surface area contributed by atoms with Crippen LogP contribution in [0.1, 0.15) is 22.5 Å². The number of aromatic nitrogens is 2. The van der Waals surface area contributed by atoms with Crippen molar-refractivity contribution in [1.29, 1.82) is 0 Å². The lowest BCUT2D eigenvalue weighted by Crippen LogP contribution is -2.09. The molecule has 0 aliphatic heterocycles. The van der Waals surface area contributed by atoms with Gasteiger partial charge in [0.05, 0.1) is 22.4 Å². The second-order valence-electron chi connectivity index (χ2n) is 4.26. The summed E-state index contributed by atoms with van der Waals surface area (Å²) in [4.78, 5) is 0. The van der Waals surface area contributed by atoms with E-state index in [0.717, 1.165) is 27.0 Å². The fraction of sp³-hybridized carbons (Fsp3) is 0.308. The van der Waals surface area contributed by atoms with Gasteiger partial charge in [0.2, 0.25) is 0 Å². The van der Waals surface area contributed by atoms with Crippen LogP contribution < -0.4 is 5.73 Å². The highest BCUT2D eigenvalue weighted by atomic mass is 79.9. The average Bonchev–Trinajstić information content (AvgIpc) is 2.57. The van der Waals surface area contributed by atoms with Gasteiger partial charge in [-0.15, -0.1) is 0 Å². The van der Waals surface area contributed by atoms with Crippen molar-refractivity contribution in [3.05, 3.63) is 51.0 Å². The fourth-order valence-corrected chi connectivity index (χ4v) is 2.22. The van der Waals surface area contributed by atoms with Crippen molar-refractivity contribution in [3.63, 3.8) is 0 Å². The van der Waals surface area contributed by atoms with Gasteiger partial charge >= 0.3 is 0 Å². The molecule has 0 atom stereocenters. The molecule has 2 rings (SSSR count). The smallest absolute Gasteiger partial charge is 0.123 e. The average molecular weight is 312 g/mol. The maximum absolute atomic E-state index is 13.3. The summed E-state index contributed by atoms with van der Waals surface area (Å²) in [5.41, 5.74) is 9.44. The number of rotatable bonds is 3. The number of aryl methyl sites for hydroxylation is 1. The topological polar surface area (TPSA) is 43.8 Å². The number of halogens is 2. The minimum Gasteiger partial charge on any atom is -0.326 e. The number of benzene rings is 1. The molecule has 0 unspecified atom stereocenters. The first-order valence-electron chi connectivity index (χ1n) is 5.69. The Bertz CT molecular complexity index is 578. The van der Waals surface area contributed by atoms with E-state index in [9.17, 15) is 4.39 Å². The van der Waals surface area contributed by atoms with Crippen LogP contribution >= 0.6 is 15.9 Å². The van der Waals surface area contributed by atoms with E-state index in [1.807, 2.05) is 18.5 Å². The predicted molar refractivity (Wildman–Crippen MR) is 72.8 cm³/mol. The van der Waals surface area contributed by atoms with Crippen LogP contribution in [0.25, 0.3) is 0 Å². The van der Waals surface area contributed by atoms with E-state index in [0.29, 0.717) is 13.1 Å². The molecule has 2 aromatic rings. The molecular formula is C13H15BrFN3. The van der Waals surface area contributed by atoms with E-state index in [4.69, 9.17) is 5.73 Å². The minimum atomic E-state index is -0.247. The zero-order valence-electron chi connectivity index (χ0n) is 10.4. The number of hydrogen-bond donors (Lipinski definition) is 1. The number of hydrogen-bond acceptors (Lipinski definition) is 2. The van der Waals surface area contributed by atoms with Gasteiger partial charge in [0, 0.05) is 6.54 Å². The molecular weight excluding hydrogens is 297 g/mol.